The van der Waals surface area contributed by atoms with Crippen molar-refractivity contribution in [3.63, 3.8) is 0 Å². The molecule has 140 valence electrons. The molecule has 1 atom stereocenters. The van der Waals surface area contributed by atoms with Crippen molar-refractivity contribution >= 4 is 17.8 Å². The molecule has 2 heterocycles. The minimum Gasteiger partial charge on any atom is -0.355 e. The third-order valence-electron chi connectivity index (χ3n) is 5.10. The molecule has 0 aliphatic carbocycles. The zero-order valence-electron chi connectivity index (χ0n) is 15.3. The molecule has 2 amide bonds. The summed E-state index contributed by atoms with van der Waals surface area (Å²) in [6.45, 7) is 3.65. The minimum absolute atomic E-state index is 0.0362. The van der Waals surface area contributed by atoms with Crippen LogP contribution in [0.3, 0.4) is 0 Å². The van der Waals surface area contributed by atoms with E-state index in [0.717, 1.165) is 38.4 Å². The summed E-state index contributed by atoms with van der Waals surface area (Å²) < 4.78 is 0. The second-order valence-electron chi connectivity index (χ2n) is 7.07. The topological polar surface area (TPSA) is 85.8 Å². The van der Waals surface area contributed by atoms with Crippen LogP contribution in [-0.4, -0.2) is 62.4 Å². The highest BCUT2D eigenvalue weighted by atomic mass is 16.2. The van der Waals surface area contributed by atoms with Crippen molar-refractivity contribution in [3.8, 4) is 0 Å². The molecule has 0 saturated carbocycles. The Hall–Kier alpha value is -2.57. The normalized spacial score (nSPS) is 23.0. The van der Waals surface area contributed by atoms with E-state index >= 15 is 0 Å². The van der Waals surface area contributed by atoms with Crippen molar-refractivity contribution in [2.75, 3.05) is 39.8 Å². The highest BCUT2D eigenvalue weighted by Crippen LogP contribution is 2.35. The average Bonchev–Trinajstić information content (AvgIpc) is 3.02. The molecule has 0 radical (unpaired) electrons. The third-order valence-corrected chi connectivity index (χ3v) is 5.10. The number of nitrogens with zero attached hydrogens (tertiary/aromatic N) is 2. The van der Waals surface area contributed by atoms with Gasteiger partial charge in [0.05, 0.1) is 0 Å². The molecule has 1 spiro atoms. The molecule has 0 aromatic heterocycles. The molecule has 1 aromatic carbocycles. The highest BCUT2D eigenvalue weighted by molar-refractivity contribution is 5.94. The number of amides is 2. The molecule has 7 nitrogen and oxygen atoms in total. The summed E-state index contributed by atoms with van der Waals surface area (Å²) in [6.07, 6.45) is 2.74. The van der Waals surface area contributed by atoms with Crippen LogP contribution < -0.4 is 16.0 Å². The van der Waals surface area contributed by atoms with Crippen LogP contribution in [0.15, 0.2) is 35.3 Å². The summed E-state index contributed by atoms with van der Waals surface area (Å²) in [6, 6.07) is 9.19. The molecule has 2 fully saturated rings. The SMILES string of the molecule is CN=C(NCCNC(=O)c1ccccc1)N1CCCC2(CNC(=O)C2)C1. The molecule has 2 aliphatic heterocycles. The Morgan fingerprint density at radius 2 is 2.04 bits per heavy atom. The fraction of sp³-hybridized carbons (Fsp3) is 0.526. The van der Waals surface area contributed by atoms with Gasteiger partial charge < -0.3 is 20.9 Å². The number of benzene rings is 1. The van der Waals surface area contributed by atoms with Crippen LogP contribution in [0.25, 0.3) is 0 Å². The van der Waals surface area contributed by atoms with E-state index in [1.807, 2.05) is 18.2 Å². The first-order chi connectivity index (χ1) is 12.6. The lowest BCUT2D eigenvalue weighted by Crippen LogP contribution is -2.52. The number of hydrogen-bond donors (Lipinski definition) is 3. The van der Waals surface area contributed by atoms with Gasteiger partial charge in [0.2, 0.25) is 5.91 Å². The number of piperidine rings is 1. The van der Waals surface area contributed by atoms with E-state index in [9.17, 15) is 9.59 Å². The van der Waals surface area contributed by atoms with E-state index in [0.29, 0.717) is 25.1 Å². The molecule has 1 aromatic rings. The van der Waals surface area contributed by atoms with Crippen molar-refractivity contribution in [2.45, 2.75) is 19.3 Å². The van der Waals surface area contributed by atoms with Gasteiger partial charge in [-0.05, 0) is 25.0 Å². The number of carbonyl (C=O) groups is 2. The molecule has 2 aliphatic rings. The minimum atomic E-state index is -0.0742. The van der Waals surface area contributed by atoms with Gasteiger partial charge in [0.15, 0.2) is 5.96 Å². The van der Waals surface area contributed by atoms with E-state index in [1.54, 1.807) is 19.2 Å². The molecule has 3 rings (SSSR count). The predicted molar refractivity (Wildman–Crippen MR) is 101 cm³/mol. The van der Waals surface area contributed by atoms with E-state index in [2.05, 4.69) is 25.8 Å². The molecule has 3 N–H and O–H groups in total. The highest BCUT2D eigenvalue weighted by Gasteiger charge is 2.42. The van der Waals surface area contributed by atoms with Crippen LogP contribution in [0.5, 0.6) is 0 Å². The third kappa shape index (κ3) is 4.33. The number of rotatable bonds is 4. The van der Waals surface area contributed by atoms with Gasteiger partial charge in [0, 0.05) is 57.2 Å². The summed E-state index contributed by atoms with van der Waals surface area (Å²) in [4.78, 5) is 30.3. The van der Waals surface area contributed by atoms with E-state index < -0.39 is 0 Å². The lowest BCUT2D eigenvalue weighted by Gasteiger charge is -2.40. The van der Waals surface area contributed by atoms with Crippen molar-refractivity contribution in [3.05, 3.63) is 35.9 Å². The quantitative estimate of drug-likeness (QED) is 0.418. The first-order valence-electron chi connectivity index (χ1n) is 9.17. The lowest BCUT2D eigenvalue weighted by molar-refractivity contribution is -0.119. The van der Waals surface area contributed by atoms with Crippen LogP contribution in [0.4, 0.5) is 0 Å². The largest absolute Gasteiger partial charge is 0.355 e. The standard InChI is InChI=1S/C19H27N5O2/c1-20-18(22-10-9-21-17(26)15-6-3-2-4-7-15)24-11-5-8-19(14-24)12-16(25)23-13-19/h2-4,6-7H,5,8-14H2,1H3,(H,20,22)(H,21,26)(H,23,25). The van der Waals surface area contributed by atoms with Crippen LogP contribution in [0, 0.1) is 5.41 Å². The van der Waals surface area contributed by atoms with Crippen LogP contribution in [-0.2, 0) is 4.79 Å². The van der Waals surface area contributed by atoms with Crippen molar-refractivity contribution in [1.82, 2.24) is 20.9 Å². The predicted octanol–water partition coefficient (Wildman–Crippen LogP) is 0.594. The van der Waals surface area contributed by atoms with E-state index in [4.69, 9.17) is 0 Å². The van der Waals surface area contributed by atoms with Gasteiger partial charge in [0.25, 0.3) is 5.91 Å². The monoisotopic (exact) mass is 357 g/mol. The van der Waals surface area contributed by atoms with Crippen LogP contribution in [0.2, 0.25) is 0 Å². The average molecular weight is 357 g/mol. The Bertz CT molecular complexity index is 676. The van der Waals surface area contributed by atoms with Crippen molar-refractivity contribution < 1.29 is 9.59 Å². The van der Waals surface area contributed by atoms with Gasteiger partial charge in [-0.2, -0.15) is 0 Å². The zero-order valence-corrected chi connectivity index (χ0v) is 15.3. The summed E-state index contributed by atoms with van der Waals surface area (Å²) in [5.74, 6) is 0.908. The van der Waals surface area contributed by atoms with Gasteiger partial charge >= 0.3 is 0 Å². The molecule has 2 saturated heterocycles. The van der Waals surface area contributed by atoms with Gasteiger partial charge in [-0.1, -0.05) is 18.2 Å². The maximum Gasteiger partial charge on any atom is 0.251 e. The molecule has 1 unspecified atom stereocenters. The zero-order chi connectivity index (χ0) is 18.4. The Morgan fingerprint density at radius 1 is 1.27 bits per heavy atom. The van der Waals surface area contributed by atoms with Crippen LogP contribution >= 0.6 is 0 Å². The second-order valence-corrected chi connectivity index (χ2v) is 7.07. The van der Waals surface area contributed by atoms with Gasteiger partial charge in [0.1, 0.15) is 0 Å². The summed E-state index contributed by atoms with van der Waals surface area (Å²) in [5.41, 5.74) is 0.697. The number of hydrogen-bond acceptors (Lipinski definition) is 3. The molecule has 0 bridgehead atoms. The molecule has 7 heteroatoms. The maximum absolute atomic E-state index is 12.0. The van der Waals surface area contributed by atoms with Gasteiger partial charge in [-0.15, -0.1) is 0 Å². The number of likely N-dealkylation sites (tertiary alicyclic amines) is 1. The first kappa shape index (κ1) is 18.2. The Morgan fingerprint density at radius 3 is 2.73 bits per heavy atom. The molecule has 26 heavy (non-hydrogen) atoms. The van der Waals surface area contributed by atoms with E-state index in [1.165, 1.54) is 0 Å². The van der Waals surface area contributed by atoms with E-state index in [-0.39, 0.29) is 17.2 Å². The Balaban J connectivity index is 1.46. The first-order valence-corrected chi connectivity index (χ1v) is 9.17. The summed E-state index contributed by atoms with van der Waals surface area (Å²) in [7, 11) is 1.77. The molecular formula is C19H27N5O2. The summed E-state index contributed by atoms with van der Waals surface area (Å²) >= 11 is 0. The summed E-state index contributed by atoms with van der Waals surface area (Å²) in [5, 5.41) is 9.19. The molecular weight excluding hydrogens is 330 g/mol. The van der Waals surface area contributed by atoms with Crippen molar-refractivity contribution in [1.29, 1.82) is 0 Å². The number of carbonyl (C=O) groups excluding carboxylic acids is 2. The van der Waals surface area contributed by atoms with Crippen molar-refractivity contribution in [2.24, 2.45) is 10.4 Å². The number of nitrogens with one attached hydrogen (secondary N) is 3. The van der Waals surface area contributed by atoms with Gasteiger partial charge in [-0.3, -0.25) is 14.6 Å². The fourth-order valence-corrected chi connectivity index (χ4v) is 3.80. The van der Waals surface area contributed by atoms with Crippen LogP contribution in [0.1, 0.15) is 29.6 Å². The Kier molecular flexibility index (Phi) is 5.75. The number of aliphatic imine (C=N–C) groups is 1. The number of guanidine groups is 1. The maximum atomic E-state index is 12.0. The smallest absolute Gasteiger partial charge is 0.251 e. The fourth-order valence-electron chi connectivity index (χ4n) is 3.80. The lowest BCUT2D eigenvalue weighted by atomic mass is 9.79. The Labute approximate surface area is 154 Å². The van der Waals surface area contributed by atoms with Gasteiger partial charge in [-0.25, -0.2) is 0 Å². The second kappa shape index (κ2) is 8.21.